The number of esters is 1. The van der Waals surface area contributed by atoms with Gasteiger partial charge >= 0.3 is 5.97 Å². The smallest absolute Gasteiger partial charge is 0.338 e. The van der Waals surface area contributed by atoms with E-state index in [1.54, 1.807) is 25.1 Å². The fraction of sp³-hybridized carbons (Fsp3) is 0.367. The van der Waals surface area contributed by atoms with Crippen LogP contribution in [0.1, 0.15) is 62.2 Å². The van der Waals surface area contributed by atoms with Gasteiger partial charge in [-0.3, -0.25) is 9.59 Å². The van der Waals surface area contributed by atoms with Crippen molar-refractivity contribution in [2.45, 2.75) is 68.8 Å². The van der Waals surface area contributed by atoms with Crippen molar-refractivity contribution in [2.24, 2.45) is 0 Å². The maximum absolute atomic E-state index is 14.2. The monoisotopic (exact) mass is 548 g/mol. The first-order valence-corrected chi connectivity index (χ1v) is 14.9. The summed E-state index contributed by atoms with van der Waals surface area (Å²) in [5.74, 6) is -1.54. The number of anilines is 1. The van der Waals surface area contributed by atoms with E-state index in [0.29, 0.717) is 24.1 Å². The summed E-state index contributed by atoms with van der Waals surface area (Å²) in [6.07, 6.45) is 4.79. The van der Waals surface area contributed by atoms with E-state index in [1.807, 2.05) is 24.3 Å². The Kier molecular flexibility index (Phi) is 7.81. The number of sulfonamides is 1. The number of benzene rings is 3. The zero-order chi connectivity index (χ0) is 27.6. The van der Waals surface area contributed by atoms with Crippen LogP contribution >= 0.6 is 0 Å². The first-order chi connectivity index (χ1) is 18.8. The van der Waals surface area contributed by atoms with Crippen molar-refractivity contribution >= 4 is 44.3 Å². The molecule has 39 heavy (non-hydrogen) atoms. The Bertz CT molecular complexity index is 1490. The number of nitrogens with zero attached hydrogens (tertiary/aromatic N) is 2. The van der Waals surface area contributed by atoms with Gasteiger partial charge in [0.25, 0.3) is 5.91 Å². The molecule has 1 aliphatic heterocycles. The first-order valence-electron chi connectivity index (χ1n) is 13.5. The third-order valence-electron chi connectivity index (χ3n) is 7.55. The number of amides is 2. The highest BCUT2D eigenvalue weighted by atomic mass is 32.2. The van der Waals surface area contributed by atoms with Gasteiger partial charge in [0.2, 0.25) is 15.9 Å². The number of carbonyl (C=O) groups is 3. The summed E-state index contributed by atoms with van der Waals surface area (Å²) in [4.78, 5) is 40.2. The lowest BCUT2D eigenvalue weighted by Gasteiger charge is -2.34. The molecule has 0 bridgehead atoms. The molecule has 1 aliphatic carbocycles. The van der Waals surface area contributed by atoms with Gasteiger partial charge < -0.3 is 4.74 Å². The van der Waals surface area contributed by atoms with Crippen molar-refractivity contribution in [1.82, 2.24) is 4.31 Å². The fourth-order valence-corrected chi connectivity index (χ4v) is 7.49. The molecular weight excluding hydrogens is 516 g/mol. The van der Waals surface area contributed by atoms with Crippen molar-refractivity contribution in [1.29, 1.82) is 0 Å². The molecule has 8 nitrogen and oxygen atoms in total. The largest absolute Gasteiger partial charge is 0.462 e. The van der Waals surface area contributed by atoms with E-state index >= 15 is 0 Å². The Morgan fingerprint density at radius 2 is 1.59 bits per heavy atom. The van der Waals surface area contributed by atoms with Gasteiger partial charge in [-0.2, -0.15) is 4.31 Å². The molecule has 3 aromatic carbocycles. The van der Waals surface area contributed by atoms with Crippen LogP contribution in [0.15, 0.2) is 71.6 Å². The Labute approximate surface area is 228 Å². The van der Waals surface area contributed by atoms with Crippen molar-refractivity contribution in [3.8, 4) is 0 Å². The standard InChI is InChI=1S/C30H32N2O6S/c1-2-38-30(35)22-13-16-24(17-14-22)31-28(33)20-27(29(31)34)32(25-11-5-3-4-6-12-25)39(36,37)26-18-15-21-9-7-8-10-23(21)19-26/h7-10,13-19,25,27H,2-6,11-12,20H2,1H3. The molecule has 3 aromatic rings. The normalized spacial score (nSPS) is 19.0. The highest BCUT2D eigenvalue weighted by Crippen LogP contribution is 2.35. The van der Waals surface area contributed by atoms with Crippen LogP contribution in [0.4, 0.5) is 5.69 Å². The molecule has 0 aromatic heterocycles. The maximum atomic E-state index is 14.2. The molecule has 2 fully saturated rings. The number of rotatable bonds is 7. The van der Waals surface area contributed by atoms with Gasteiger partial charge in [0.05, 0.1) is 29.2 Å². The second-order valence-electron chi connectivity index (χ2n) is 10.0. The summed E-state index contributed by atoms with van der Waals surface area (Å²) in [5.41, 5.74) is 0.597. The molecule has 0 N–H and O–H groups in total. The Hall–Kier alpha value is -3.56. The average Bonchev–Trinajstić information content (AvgIpc) is 3.09. The molecule has 1 atom stereocenters. The van der Waals surface area contributed by atoms with E-state index in [4.69, 9.17) is 4.74 Å². The summed E-state index contributed by atoms with van der Waals surface area (Å²) >= 11 is 0. The van der Waals surface area contributed by atoms with E-state index in [0.717, 1.165) is 41.4 Å². The number of ether oxygens (including phenoxy) is 1. The number of imide groups is 1. The van der Waals surface area contributed by atoms with Gasteiger partial charge in [-0.1, -0.05) is 56.0 Å². The predicted octanol–water partition coefficient (Wildman–Crippen LogP) is 5.06. The van der Waals surface area contributed by atoms with Crippen LogP contribution in [0.25, 0.3) is 10.8 Å². The quantitative estimate of drug-likeness (QED) is 0.232. The highest BCUT2D eigenvalue weighted by molar-refractivity contribution is 7.89. The molecule has 9 heteroatoms. The average molecular weight is 549 g/mol. The zero-order valence-electron chi connectivity index (χ0n) is 21.9. The maximum Gasteiger partial charge on any atom is 0.338 e. The topological polar surface area (TPSA) is 101 Å². The molecule has 1 saturated carbocycles. The van der Waals surface area contributed by atoms with E-state index in [1.165, 1.54) is 28.6 Å². The molecule has 204 valence electrons. The minimum absolute atomic E-state index is 0.114. The molecule has 0 radical (unpaired) electrons. The predicted molar refractivity (Wildman–Crippen MR) is 148 cm³/mol. The molecule has 1 saturated heterocycles. The molecule has 5 rings (SSSR count). The number of carbonyl (C=O) groups excluding carboxylic acids is 3. The van der Waals surface area contributed by atoms with Gasteiger partial charge in [-0.25, -0.2) is 18.1 Å². The van der Waals surface area contributed by atoms with Crippen LogP contribution in [0, 0.1) is 0 Å². The summed E-state index contributed by atoms with van der Waals surface area (Å²) in [6, 6.07) is 17.0. The van der Waals surface area contributed by atoms with Gasteiger partial charge in [0, 0.05) is 6.04 Å². The summed E-state index contributed by atoms with van der Waals surface area (Å²) < 4.78 is 34.8. The molecule has 2 aliphatic rings. The van der Waals surface area contributed by atoms with E-state index < -0.39 is 33.8 Å². The van der Waals surface area contributed by atoms with Gasteiger partial charge in [-0.15, -0.1) is 0 Å². The lowest BCUT2D eigenvalue weighted by atomic mass is 10.1. The van der Waals surface area contributed by atoms with Gasteiger partial charge in [0.1, 0.15) is 6.04 Å². The third kappa shape index (κ3) is 5.33. The van der Waals surface area contributed by atoms with E-state index in [9.17, 15) is 22.8 Å². The minimum Gasteiger partial charge on any atom is -0.462 e. The fourth-order valence-electron chi connectivity index (χ4n) is 5.63. The van der Waals surface area contributed by atoms with Crippen molar-refractivity contribution in [3.05, 3.63) is 72.3 Å². The van der Waals surface area contributed by atoms with Gasteiger partial charge in [0.15, 0.2) is 0 Å². The van der Waals surface area contributed by atoms with E-state index in [2.05, 4.69) is 0 Å². The lowest BCUT2D eigenvalue weighted by Crippen LogP contribution is -2.50. The molecule has 2 amide bonds. The zero-order valence-corrected chi connectivity index (χ0v) is 22.7. The van der Waals surface area contributed by atoms with Crippen LogP contribution in [0.3, 0.4) is 0 Å². The lowest BCUT2D eigenvalue weighted by molar-refractivity contribution is -0.122. The summed E-state index contributed by atoms with van der Waals surface area (Å²) in [5, 5.41) is 1.71. The summed E-state index contributed by atoms with van der Waals surface area (Å²) in [7, 11) is -4.11. The van der Waals surface area contributed by atoms with Crippen LogP contribution in [0.2, 0.25) is 0 Å². The van der Waals surface area contributed by atoms with Crippen molar-refractivity contribution in [3.63, 3.8) is 0 Å². The van der Waals surface area contributed by atoms with E-state index in [-0.39, 0.29) is 24.0 Å². The van der Waals surface area contributed by atoms with Gasteiger partial charge in [-0.05, 0) is 66.9 Å². The van der Waals surface area contributed by atoms with Crippen LogP contribution in [-0.2, 0) is 24.3 Å². The third-order valence-corrected chi connectivity index (χ3v) is 9.50. The van der Waals surface area contributed by atoms with Crippen molar-refractivity contribution in [2.75, 3.05) is 11.5 Å². The number of fused-ring (bicyclic) bond motifs is 1. The van der Waals surface area contributed by atoms with Crippen LogP contribution < -0.4 is 4.90 Å². The number of hydrogen-bond donors (Lipinski definition) is 0. The molecule has 1 unspecified atom stereocenters. The molecule has 0 spiro atoms. The first kappa shape index (κ1) is 27.0. The Balaban J connectivity index is 1.51. The van der Waals surface area contributed by atoms with Crippen molar-refractivity contribution < 1.29 is 27.5 Å². The van der Waals surface area contributed by atoms with Crippen LogP contribution in [-0.4, -0.2) is 49.2 Å². The Morgan fingerprint density at radius 3 is 2.26 bits per heavy atom. The summed E-state index contributed by atoms with van der Waals surface area (Å²) in [6.45, 7) is 1.94. The van der Waals surface area contributed by atoms with Crippen LogP contribution in [0.5, 0.6) is 0 Å². The highest BCUT2D eigenvalue weighted by Gasteiger charge is 2.49. The molecular formula is C30H32N2O6S. The number of hydrogen-bond acceptors (Lipinski definition) is 6. The SMILES string of the molecule is CCOC(=O)c1ccc(N2C(=O)CC(N(C3CCCCCC3)S(=O)(=O)c3ccc4ccccc4c3)C2=O)cc1. The second kappa shape index (κ2) is 11.3. The Morgan fingerprint density at radius 1 is 0.923 bits per heavy atom. The minimum atomic E-state index is -4.11. The second-order valence-corrected chi connectivity index (χ2v) is 11.9. The molecule has 1 heterocycles.